The SMILES string of the molecule is Cc1nn(C)cc1CNC(=O)c1ccn(COc2ccccc2Cl)n1. The first-order valence-electron chi connectivity index (χ1n) is 7.71. The number of carbonyl (C=O) groups is 1. The average molecular weight is 360 g/mol. The molecule has 0 aliphatic rings. The molecule has 0 atom stereocenters. The molecule has 2 heterocycles. The van der Waals surface area contributed by atoms with Crippen molar-refractivity contribution in [2.24, 2.45) is 7.05 Å². The van der Waals surface area contributed by atoms with Crippen molar-refractivity contribution in [3.63, 3.8) is 0 Å². The van der Waals surface area contributed by atoms with Gasteiger partial charge in [-0.1, -0.05) is 23.7 Å². The number of rotatable bonds is 6. The van der Waals surface area contributed by atoms with Gasteiger partial charge in [-0.2, -0.15) is 10.2 Å². The van der Waals surface area contributed by atoms with E-state index in [0.717, 1.165) is 11.3 Å². The number of para-hydroxylation sites is 1. The summed E-state index contributed by atoms with van der Waals surface area (Å²) >= 11 is 6.03. The lowest BCUT2D eigenvalue weighted by Gasteiger charge is -2.07. The van der Waals surface area contributed by atoms with Crippen molar-refractivity contribution < 1.29 is 9.53 Å². The Kier molecular flexibility index (Phi) is 5.04. The van der Waals surface area contributed by atoms with Crippen LogP contribution in [0.5, 0.6) is 5.75 Å². The third-order valence-electron chi connectivity index (χ3n) is 3.62. The van der Waals surface area contributed by atoms with E-state index in [-0.39, 0.29) is 12.6 Å². The summed E-state index contributed by atoms with van der Waals surface area (Å²) < 4.78 is 8.84. The number of halogens is 1. The molecule has 0 spiro atoms. The molecule has 1 N–H and O–H groups in total. The van der Waals surface area contributed by atoms with Crippen molar-refractivity contribution in [1.29, 1.82) is 0 Å². The number of hydrogen-bond donors (Lipinski definition) is 1. The van der Waals surface area contributed by atoms with Crippen LogP contribution < -0.4 is 10.1 Å². The third-order valence-corrected chi connectivity index (χ3v) is 3.93. The average Bonchev–Trinajstić information content (AvgIpc) is 3.18. The van der Waals surface area contributed by atoms with Crippen molar-refractivity contribution in [3.8, 4) is 5.75 Å². The summed E-state index contributed by atoms with van der Waals surface area (Å²) in [7, 11) is 1.85. The summed E-state index contributed by atoms with van der Waals surface area (Å²) in [5.74, 6) is 0.317. The van der Waals surface area contributed by atoms with Crippen molar-refractivity contribution >= 4 is 17.5 Å². The fraction of sp³-hybridized carbons (Fsp3) is 0.235. The number of nitrogens with one attached hydrogen (secondary N) is 1. The van der Waals surface area contributed by atoms with Gasteiger partial charge in [0.1, 0.15) is 11.4 Å². The molecule has 7 nitrogen and oxygen atoms in total. The molecule has 8 heteroatoms. The Hall–Kier alpha value is -2.80. The highest BCUT2D eigenvalue weighted by Gasteiger charge is 2.11. The molecular formula is C17H18ClN5O2. The van der Waals surface area contributed by atoms with Gasteiger partial charge in [-0.3, -0.25) is 9.48 Å². The Morgan fingerprint density at radius 2 is 2.08 bits per heavy atom. The van der Waals surface area contributed by atoms with Crippen LogP contribution in [0.1, 0.15) is 21.7 Å². The second-order valence-corrected chi connectivity index (χ2v) is 5.95. The zero-order chi connectivity index (χ0) is 17.8. The topological polar surface area (TPSA) is 74.0 Å². The van der Waals surface area contributed by atoms with Gasteiger partial charge in [0.2, 0.25) is 0 Å². The highest BCUT2D eigenvalue weighted by atomic mass is 35.5. The Morgan fingerprint density at radius 3 is 2.80 bits per heavy atom. The van der Waals surface area contributed by atoms with Crippen LogP contribution in [-0.2, 0) is 20.3 Å². The van der Waals surface area contributed by atoms with Gasteiger partial charge in [-0.25, -0.2) is 4.68 Å². The Balaban J connectivity index is 1.56. The molecule has 1 amide bonds. The highest BCUT2D eigenvalue weighted by Crippen LogP contribution is 2.23. The number of amides is 1. The molecule has 0 aliphatic heterocycles. The number of ether oxygens (including phenoxy) is 1. The van der Waals surface area contributed by atoms with Crippen LogP contribution in [0.25, 0.3) is 0 Å². The maximum absolute atomic E-state index is 12.2. The summed E-state index contributed by atoms with van der Waals surface area (Å²) in [4.78, 5) is 12.2. The molecule has 2 aromatic heterocycles. The second-order valence-electron chi connectivity index (χ2n) is 5.54. The van der Waals surface area contributed by atoms with E-state index >= 15 is 0 Å². The van der Waals surface area contributed by atoms with E-state index in [0.29, 0.717) is 23.0 Å². The molecule has 0 saturated carbocycles. The Morgan fingerprint density at radius 1 is 1.28 bits per heavy atom. The van der Waals surface area contributed by atoms with Crippen LogP contribution in [0.2, 0.25) is 5.02 Å². The van der Waals surface area contributed by atoms with Crippen LogP contribution in [0.4, 0.5) is 0 Å². The molecule has 1 aromatic carbocycles. The van der Waals surface area contributed by atoms with Gasteiger partial charge < -0.3 is 10.1 Å². The van der Waals surface area contributed by atoms with Gasteiger partial charge in [0.15, 0.2) is 6.73 Å². The third kappa shape index (κ3) is 4.19. The Labute approximate surface area is 150 Å². The van der Waals surface area contributed by atoms with Gasteiger partial charge in [0, 0.05) is 31.5 Å². The van der Waals surface area contributed by atoms with Gasteiger partial charge in [0.05, 0.1) is 10.7 Å². The van der Waals surface area contributed by atoms with Crippen LogP contribution in [0.3, 0.4) is 0 Å². The van der Waals surface area contributed by atoms with Gasteiger partial charge in [0.25, 0.3) is 5.91 Å². The number of benzene rings is 1. The molecule has 130 valence electrons. The minimum atomic E-state index is -0.250. The summed E-state index contributed by atoms with van der Waals surface area (Å²) in [6.45, 7) is 2.47. The predicted molar refractivity (Wildman–Crippen MR) is 93.4 cm³/mol. The van der Waals surface area contributed by atoms with E-state index in [2.05, 4.69) is 15.5 Å². The van der Waals surface area contributed by atoms with Gasteiger partial charge in [-0.05, 0) is 25.1 Å². The normalized spacial score (nSPS) is 10.7. The van der Waals surface area contributed by atoms with Crippen LogP contribution in [0, 0.1) is 6.92 Å². The molecule has 0 fully saturated rings. The molecule has 0 radical (unpaired) electrons. The zero-order valence-corrected chi connectivity index (χ0v) is 14.7. The van der Waals surface area contributed by atoms with Crippen molar-refractivity contribution in [2.75, 3.05) is 0 Å². The van der Waals surface area contributed by atoms with Crippen LogP contribution in [0.15, 0.2) is 42.7 Å². The van der Waals surface area contributed by atoms with Crippen LogP contribution in [-0.4, -0.2) is 25.5 Å². The number of aromatic nitrogens is 4. The fourth-order valence-corrected chi connectivity index (χ4v) is 2.53. The van der Waals surface area contributed by atoms with E-state index in [9.17, 15) is 4.79 Å². The molecule has 0 aliphatic carbocycles. The summed E-state index contributed by atoms with van der Waals surface area (Å²) in [6, 6.07) is 8.83. The highest BCUT2D eigenvalue weighted by molar-refractivity contribution is 6.32. The van der Waals surface area contributed by atoms with Gasteiger partial charge >= 0.3 is 0 Å². The largest absolute Gasteiger partial charge is 0.470 e. The molecule has 0 bridgehead atoms. The molecular weight excluding hydrogens is 342 g/mol. The van der Waals surface area contributed by atoms with Crippen molar-refractivity contribution in [2.45, 2.75) is 20.2 Å². The minimum absolute atomic E-state index is 0.165. The minimum Gasteiger partial charge on any atom is -0.470 e. The van der Waals surface area contributed by atoms with E-state index in [4.69, 9.17) is 16.3 Å². The first-order chi connectivity index (χ1) is 12.0. The number of carbonyl (C=O) groups excluding carboxylic acids is 1. The number of nitrogens with zero attached hydrogens (tertiary/aromatic N) is 4. The van der Waals surface area contributed by atoms with Crippen molar-refractivity contribution in [3.05, 3.63) is 64.7 Å². The van der Waals surface area contributed by atoms with Crippen LogP contribution >= 0.6 is 11.6 Å². The smallest absolute Gasteiger partial charge is 0.272 e. The molecule has 25 heavy (non-hydrogen) atoms. The first-order valence-corrected chi connectivity index (χ1v) is 8.09. The molecule has 3 rings (SSSR count). The summed E-state index contributed by atoms with van der Waals surface area (Å²) in [5, 5.41) is 11.8. The van der Waals surface area contributed by atoms with Gasteiger partial charge in [-0.15, -0.1) is 0 Å². The molecule has 0 unspecified atom stereocenters. The lowest BCUT2D eigenvalue weighted by Crippen LogP contribution is -2.23. The standard InChI is InChI=1S/C17H18ClN5O2/c1-12-13(10-22(2)20-12)9-19-17(24)15-7-8-23(21-15)11-25-16-6-4-3-5-14(16)18/h3-8,10H,9,11H2,1-2H3,(H,19,24). The van der Waals surface area contributed by atoms with E-state index in [1.165, 1.54) is 4.68 Å². The van der Waals surface area contributed by atoms with Crippen molar-refractivity contribution in [1.82, 2.24) is 24.9 Å². The maximum atomic E-state index is 12.2. The Bertz CT molecular complexity index is 887. The maximum Gasteiger partial charge on any atom is 0.272 e. The summed E-state index contributed by atoms with van der Waals surface area (Å²) in [6.07, 6.45) is 3.56. The fourth-order valence-electron chi connectivity index (χ4n) is 2.34. The lowest BCUT2D eigenvalue weighted by molar-refractivity contribution is 0.0944. The quantitative estimate of drug-likeness (QED) is 0.734. The predicted octanol–water partition coefficient (Wildman–Crippen LogP) is 2.54. The number of hydrogen-bond acceptors (Lipinski definition) is 4. The second kappa shape index (κ2) is 7.40. The zero-order valence-electron chi connectivity index (χ0n) is 13.9. The molecule has 0 saturated heterocycles. The first kappa shape index (κ1) is 17.0. The lowest BCUT2D eigenvalue weighted by atomic mass is 10.2. The monoisotopic (exact) mass is 359 g/mol. The number of aryl methyl sites for hydroxylation is 2. The van der Waals surface area contributed by atoms with E-state index in [1.807, 2.05) is 32.3 Å². The molecule has 3 aromatic rings. The van der Waals surface area contributed by atoms with E-state index < -0.39 is 0 Å². The summed E-state index contributed by atoms with van der Waals surface area (Å²) in [5.41, 5.74) is 2.18. The van der Waals surface area contributed by atoms with E-state index in [1.54, 1.807) is 29.1 Å².